The average Bonchev–Trinajstić information content (AvgIpc) is 2.92. The molecule has 5 nitrogen and oxygen atoms in total. The molecule has 0 fully saturated rings. The Morgan fingerprint density at radius 1 is 1.14 bits per heavy atom. The molecule has 0 aliphatic rings. The van der Waals surface area contributed by atoms with Crippen LogP contribution < -0.4 is 10.0 Å². The largest absolute Gasteiger partial charge is 0.326 e. The van der Waals surface area contributed by atoms with Crippen LogP contribution in [-0.2, 0) is 21.2 Å². The molecular weight excluding hydrogens is 320 g/mol. The van der Waals surface area contributed by atoms with E-state index in [1.165, 1.54) is 4.88 Å². The van der Waals surface area contributed by atoms with E-state index in [9.17, 15) is 13.2 Å². The SMILES string of the molecule is CS(=O)(=O)Nc1ccc(NC(=O)CCCc2cccs2)cc1. The maximum absolute atomic E-state index is 11.8. The first-order chi connectivity index (χ1) is 10.4. The lowest BCUT2D eigenvalue weighted by Gasteiger charge is -2.07. The first kappa shape index (κ1) is 16.5. The van der Waals surface area contributed by atoms with Crippen molar-refractivity contribution in [3.05, 3.63) is 46.7 Å². The van der Waals surface area contributed by atoms with Crippen molar-refractivity contribution in [1.29, 1.82) is 0 Å². The summed E-state index contributed by atoms with van der Waals surface area (Å²) in [5.41, 5.74) is 1.12. The standard InChI is InChI=1S/C15H18N2O3S2/c1-22(19,20)17-13-9-7-12(8-10-13)16-15(18)6-2-4-14-5-3-11-21-14/h3,5,7-11,17H,2,4,6H2,1H3,(H,16,18). The molecule has 0 aliphatic carbocycles. The number of hydrogen-bond donors (Lipinski definition) is 2. The first-order valence-corrected chi connectivity index (χ1v) is 9.59. The topological polar surface area (TPSA) is 75.3 Å². The first-order valence-electron chi connectivity index (χ1n) is 6.82. The molecule has 2 aromatic rings. The number of aryl methyl sites for hydroxylation is 1. The van der Waals surface area contributed by atoms with E-state index in [0.29, 0.717) is 17.8 Å². The Hall–Kier alpha value is -1.86. The fourth-order valence-electron chi connectivity index (χ4n) is 1.94. The van der Waals surface area contributed by atoms with E-state index in [1.54, 1.807) is 35.6 Å². The van der Waals surface area contributed by atoms with Crippen molar-refractivity contribution in [3.8, 4) is 0 Å². The molecule has 0 bridgehead atoms. The Morgan fingerprint density at radius 3 is 2.41 bits per heavy atom. The minimum atomic E-state index is -3.28. The highest BCUT2D eigenvalue weighted by molar-refractivity contribution is 7.92. The van der Waals surface area contributed by atoms with Gasteiger partial charge in [0, 0.05) is 22.7 Å². The quantitative estimate of drug-likeness (QED) is 0.814. The summed E-state index contributed by atoms with van der Waals surface area (Å²) in [6, 6.07) is 10.6. The van der Waals surface area contributed by atoms with Gasteiger partial charge in [0.2, 0.25) is 15.9 Å². The van der Waals surface area contributed by atoms with Gasteiger partial charge in [-0.15, -0.1) is 11.3 Å². The van der Waals surface area contributed by atoms with Gasteiger partial charge in [-0.3, -0.25) is 9.52 Å². The Balaban J connectivity index is 1.79. The van der Waals surface area contributed by atoms with Gasteiger partial charge in [0.05, 0.1) is 6.26 Å². The van der Waals surface area contributed by atoms with E-state index in [2.05, 4.69) is 16.1 Å². The van der Waals surface area contributed by atoms with E-state index < -0.39 is 10.0 Å². The molecule has 1 aromatic heterocycles. The lowest BCUT2D eigenvalue weighted by Crippen LogP contribution is -2.12. The number of sulfonamides is 1. The van der Waals surface area contributed by atoms with Gasteiger partial charge in [-0.25, -0.2) is 8.42 Å². The van der Waals surface area contributed by atoms with E-state index in [1.807, 2.05) is 11.4 Å². The van der Waals surface area contributed by atoms with Crippen molar-refractivity contribution in [3.63, 3.8) is 0 Å². The second-order valence-corrected chi connectivity index (χ2v) is 7.71. The summed E-state index contributed by atoms with van der Waals surface area (Å²) in [5.74, 6) is -0.0413. The molecular formula is C15H18N2O3S2. The van der Waals surface area contributed by atoms with Crippen LogP contribution in [0.2, 0.25) is 0 Å². The van der Waals surface area contributed by atoms with Crippen LogP contribution >= 0.6 is 11.3 Å². The molecule has 0 radical (unpaired) electrons. The summed E-state index contributed by atoms with van der Waals surface area (Å²) in [5, 5.41) is 4.83. The van der Waals surface area contributed by atoms with Crippen LogP contribution in [0.5, 0.6) is 0 Å². The minimum absolute atomic E-state index is 0.0413. The van der Waals surface area contributed by atoms with Gasteiger partial charge in [0.15, 0.2) is 0 Å². The van der Waals surface area contributed by atoms with Gasteiger partial charge in [0.1, 0.15) is 0 Å². The second kappa shape index (κ2) is 7.42. The molecule has 118 valence electrons. The molecule has 7 heteroatoms. The average molecular weight is 338 g/mol. The van der Waals surface area contributed by atoms with Crippen LogP contribution in [0.25, 0.3) is 0 Å². The molecule has 1 aromatic carbocycles. The number of amides is 1. The summed E-state index contributed by atoms with van der Waals surface area (Å²) in [4.78, 5) is 13.1. The molecule has 0 spiro atoms. The smallest absolute Gasteiger partial charge is 0.229 e. The van der Waals surface area contributed by atoms with Gasteiger partial charge in [-0.1, -0.05) is 6.07 Å². The Morgan fingerprint density at radius 2 is 1.82 bits per heavy atom. The number of rotatable bonds is 7. The zero-order valence-electron chi connectivity index (χ0n) is 12.2. The third kappa shape index (κ3) is 5.87. The summed E-state index contributed by atoms with van der Waals surface area (Å²) in [7, 11) is -3.28. The zero-order valence-corrected chi connectivity index (χ0v) is 13.8. The summed E-state index contributed by atoms with van der Waals surface area (Å²) in [6.45, 7) is 0. The molecule has 0 unspecified atom stereocenters. The maximum Gasteiger partial charge on any atom is 0.229 e. The van der Waals surface area contributed by atoms with Gasteiger partial charge < -0.3 is 5.32 Å². The van der Waals surface area contributed by atoms with Crippen molar-refractivity contribution in [1.82, 2.24) is 0 Å². The summed E-state index contributed by atoms with van der Waals surface area (Å²) < 4.78 is 24.6. The molecule has 2 rings (SSSR count). The fourth-order valence-corrected chi connectivity index (χ4v) is 3.25. The molecule has 1 amide bonds. The van der Waals surface area contributed by atoms with Crippen LogP contribution in [-0.4, -0.2) is 20.6 Å². The second-order valence-electron chi connectivity index (χ2n) is 4.93. The number of benzene rings is 1. The van der Waals surface area contributed by atoms with Crippen LogP contribution in [0.15, 0.2) is 41.8 Å². The maximum atomic E-state index is 11.8. The minimum Gasteiger partial charge on any atom is -0.326 e. The molecule has 0 atom stereocenters. The Labute approximate surface area is 134 Å². The molecule has 0 aliphatic heterocycles. The number of hydrogen-bond acceptors (Lipinski definition) is 4. The van der Waals surface area contributed by atoms with Crippen molar-refractivity contribution in [2.45, 2.75) is 19.3 Å². The highest BCUT2D eigenvalue weighted by Gasteiger charge is 2.05. The van der Waals surface area contributed by atoms with E-state index >= 15 is 0 Å². The predicted octanol–water partition coefficient (Wildman–Crippen LogP) is 3.08. The van der Waals surface area contributed by atoms with Crippen molar-refractivity contribution < 1.29 is 13.2 Å². The van der Waals surface area contributed by atoms with Crippen LogP contribution in [0.3, 0.4) is 0 Å². The van der Waals surface area contributed by atoms with Gasteiger partial charge in [-0.2, -0.15) is 0 Å². The molecule has 0 saturated heterocycles. The van der Waals surface area contributed by atoms with E-state index in [4.69, 9.17) is 0 Å². The number of carbonyl (C=O) groups excluding carboxylic acids is 1. The Kier molecular flexibility index (Phi) is 5.57. The number of thiophene rings is 1. The summed E-state index contributed by atoms with van der Waals surface area (Å²) in [6.07, 6.45) is 3.26. The highest BCUT2D eigenvalue weighted by atomic mass is 32.2. The van der Waals surface area contributed by atoms with E-state index in [-0.39, 0.29) is 5.91 Å². The lowest BCUT2D eigenvalue weighted by molar-refractivity contribution is -0.116. The molecule has 22 heavy (non-hydrogen) atoms. The fraction of sp³-hybridized carbons (Fsp3) is 0.267. The molecule has 0 saturated carbocycles. The predicted molar refractivity (Wildman–Crippen MR) is 90.8 cm³/mol. The lowest BCUT2D eigenvalue weighted by atomic mass is 10.2. The Bertz CT molecular complexity index is 708. The molecule has 2 N–H and O–H groups in total. The highest BCUT2D eigenvalue weighted by Crippen LogP contribution is 2.16. The third-order valence-electron chi connectivity index (χ3n) is 2.88. The van der Waals surface area contributed by atoms with Gasteiger partial charge >= 0.3 is 0 Å². The molecule has 1 heterocycles. The number of carbonyl (C=O) groups is 1. The summed E-state index contributed by atoms with van der Waals surface area (Å²) >= 11 is 1.70. The monoisotopic (exact) mass is 338 g/mol. The number of anilines is 2. The van der Waals surface area contributed by atoms with Crippen molar-refractivity contribution >= 4 is 38.6 Å². The van der Waals surface area contributed by atoms with Crippen molar-refractivity contribution in [2.24, 2.45) is 0 Å². The van der Waals surface area contributed by atoms with Crippen LogP contribution in [0.4, 0.5) is 11.4 Å². The van der Waals surface area contributed by atoms with Crippen LogP contribution in [0.1, 0.15) is 17.7 Å². The number of nitrogens with one attached hydrogen (secondary N) is 2. The van der Waals surface area contributed by atoms with Gasteiger partial charge in [-0.05, 0) is 48.6 Å². The van der Waals surface area contributed by atoms with Crippen molar-refractivity contribution in [2.75, 3.05) is 16.3 Å². The van der Waals surface area contributed by atoms with Gasteiger partial charge in [0.25, 0.3) is 0 Å². The zero-order chi connectivity index (χ0) is 16.0. The van der Waals surface area contributed by atoms with E-state index in [0.717, 1.165) is 19.1 Å². The van der Waals surface area contributed by atoms with Crippen LogP contribution in [0, 0.1) is 0 Å². The normalized spacial score (nSPS) is 11.1. The third-order valence-corrected chi connectivity index (χ3v) is 4.42.